The molecule has 0 saturated heterocycles. The highest BCUT2D eigenvalue weighted by atomic mass is 35.5. The van der Waals surface area contributed by atoms with Crippen molar-refractivity contribution >= 4 is 54.6 Å². The lowest BCUT2D eigenvalue weighted by atomic mass is 9.85. The fraction of sp³-hybridized carbons (Fsp3) is 0.471. The quantitative estimate of drug-likeness (QED) is 0.0599. The maximum Gasteiger partial charge on any atom is 0.407 e. The van der Waals surface area contributed by atoms with Gasteiger partial charge in [-0.2, -0.15) is 0 Å². The van der Waals surface area contributed by atoms with Crippen molar-refractivity contribution in [1.29, 1.82) is 0 Å². The van der Waals surface area contributed by atoms with Crippen molar-refractivity contribution in [2.45, 2.75) is 90.4 Å². The highest BCUT2D eigenvalue weighted by Gasteiger charge is 2.56. The van der Waals surface area contributed by atoms with Gasteiger partial charge in [0, 0.05) is 41.9 Å². The molecule has 256 valence electrons. The second kappa shape index (κ2) is 13.0. The van der Waals surface area contributed by atoms with Gasteiger partial charge in [-0.15, -0.1) is 11.6 Å². The number of hydrogen-bond acceptors (Lipinski definition) is 10. The number of halogens is 1. The molecule has 48 heavy (non-hydrogen) atoms. The molecule has 3 aromatic rings. The molecule has 5 rings (SSSR count). The summed E-state index contributed by atoms with van der Waals surface area (Å²) in [7, 11) is -2.58. The second-order valence-electron chi connectivity index (χ2n) is 13.8. The van der Waals surface area contributed by atoms with Crippen LogP contribution in [-0.4, -0.2) is 59.3 Å². The first kappa shape index (κ1) is 35.1. The van der Waals surface area contributed by atoms with E-state index in [1.807, 2.05) is 19.2 Å². The summed E-state index contributed by atoms with van der Waals surface area (Å²) in [5, 5.41) is 3.33. The molecule has 0 spiro atoms. The Morgan fingerprint density at radius 1 is 1.17 bits per heavy atom. The molecule has 1 aromatic carbocycles. The van der Waals surface area contributed by atoms with Gasteiger partial charge >= 0.3 is 24.0 Å². The monoisotopic (exact) mass is 697 g/mol. The number of aromatic nitrogens is 2. The minimum absolute atomic E-state index is 0.0101. The average Bonchev–Trinajstić information content (AvgIpc) is 3.36. The van der Waals surface area contributed by atoms with Crippen molar-refractivity contribution < 1.29 is 38.1 Å². The van der Waals surface area contributed by atoms with E-state index in [1.165, 1.54) is 6.92 Å². The first-order valence-corrected chi connectivity index (χ1v) is 19.7. The molecule has 1 amide bonds. The van der Waals surface area contributed by atoms with Crippen LogP contribution in [-0.2, 0) is 40.7 Å². The predicted molar refractivity (Wildman–Crippen MR) is 180 cm³/mol. The predicted octanol–water partition coefficient (Wildman–Crippen LogP) is 5.43. The summed E-state index contributed by atoms with van der Waals surface area (Å²) in [5.41, 5.74) is -0.643. The van der Waals surface area contributed by atoms with E-state index in [0.29, 0.717) is 22.7 Å². The molecule has 0 saturated carbocycles. The third kappa shape index (κ3) is 6.70. The summed E-state index contributed by atoms with van der Waals surface area (Å²) in [6.45, 7) is 12.5. The number of esters is 3. The molecule has 1 N–H and O–H groups in total. The number of nitrogens with zero attached hydrogens (tertiary/aromatic N) is 2. The van der Waals surface area contributed by atoms with Crippen molar-refractivity contribution in [2.75, 3.05) is 12.0 Å². The Morgan fingerprint density at radius 2 is 1.90 bits per heavy atom. The third-order valence-corrected chi connectivity index (χ3v) is 12.9. The summed E-state index contributed by atoms with van der Waals surface area (Å²) < 4.78 is 24.1. The summed E-state index contributed by atoms with van der Waals surface area (Å²) >= 11 is 6.40. The number of amides is 1. The van der Waals surface area contributed by atoms with Gasteiger partial charge in [0.1, 0.15) is 25.2 Å². The number of carbonyl (C=O) groups excluding carboxylic acids is 4. The number of carbonyl (C=O) groups is 4. The Bertz CT molecular complexity index is 1880. The number of nitrogens with one attached hydrogen (secondary N) is 1. The fourth-order valence-electron chi connectivity index (χ4n) is 6.02. The van der Waals surface area contributed by atoms with E-state index in [4.69, 9.17) is 35.5 Å². The van der Waals surface area contributed by atoms with Crippen LogP contribution in [0.4, 0.5) is 4.79 Å². The number of pyridine rings is 2. The standard InChI is InChI=1S/C34H40ClN3O9Si/c1-8-34(46-26(40)10-9-13-36-32(43)47-33(3,4)5)23-16-25-28-21(14-20-15-22(44-19(2)39)11-12-24(20)37-28)17-38(25)29(41)27(23)30(45-31(34)42)48(6,7)18-35/h11-12,14-16,30H,8-10,13,17-18H2,1-7H3,(H,36,43). The van der Waals surface area contributed by atoms with Crippen molar-refractivity contribution in [2.24, 2.45) is 0 Å². The zero-order valence-electron chi connectivity index (χ0n) is 28.2. The molecule has 2 unspecified atom stereocenters. The number of fused-ring (bicyclic) bond motifs is 5. The molecule has 0 bridgehead atoms. The van der Waals surface area contributed by atoms with Crippen molar-refractivity contribution in [1.82, 2.24) is 14.9 Å². The third-order valence-electron chi connectivity index (χ3n) is 8.35. The van der Waals surface area contributed by atoms with Gasteiger partial charge in [-0.1, -0.05) is 20.0 Å². The Balaban J connectivity index is 1.54. The lowest BCUT2D eigenvalue weighted by molar-refractivity contribution is -0.190. The Kier molecular flexibility index (Phi) is 9.50. The minimum Gasteiger partial charge on any atom is -0.458 e. The van der Waals surface area contributed by atoms with Gasteiger partial charge in [-0.05, 0) is 63.9 Å². The maximum atomic E-state index is 14.5. The van der Waals surface area contributed by atoms with Gasteiger partial charge < -0.3 is 28.8 Å². The summed E-state index contributed by atoms with van der Waals surface area (Å²) in [6.07, 6.45) is -0.481. The van der Waals surface area contributed by atoms with Crippen LogP contribution in [0.3, 0.4) is 0 Å². The maximum absolute atomic E-state index is 14.5. The molecule has 2 atom stereocenters. The number of hydrogen-bond donors (Lipinski definition) is 1. The van der Waals surface area contributed by atoms with Crippen LogP contribution in [0.15, 0.2) is 35.1 Å². The van der Waals surface area contributed by atoms with E-state index < -0.39 is 49.0 Å². The van der Waals surface area contributed by atoms with Gasteiger partial charge in [0.05, 0.1) is 29.0 Å². The molecule has 2 aromatic heterocycles. The zero-order chi connectivity index (χ0) is 35.2. The number of rotatable bonds is 9. The Morgan fingerprint density at radius 3 is 2.54 bits per heavy atom. The van der Waals surface area contributed by atoms with Gasteiger partial charge in [-0.3, -0.25) is 14.4 Å². The SMILES string of the molecule is CCC1(OC(=O)CCCNC(=O)OC(C)(C)C)C(=O)OC([Si](C)(C)CCl)c2c1cc1n(c2=O)Cc2cc3cc(OC(C)=O)ccc3nc2-1. The smallest absolute Gasteiger partial charge is 0.407 e. The van der Waals surface area contributed by atoms with E-state index >= 15 is 0 Å². The van der Waals surface area contributed by atoms with Crippen LogP contribution in [0, 0.1) is 0 Å². The highest BCUT2D eigenvalue weighted by Crippen LogP contribution is 2.46. The fourth-order valence-corrected chi connectivity index (χ4v) is 8.07. The van der Waals surface area contributed by atoms with Crippen molar-refractivity contribution in [3.05, 3.63) is 57.4 Å². The molecule has 0 radical (unpaired) electrons. The number of ether oxygens (including phenoxy) is 4. The van der Waals surface area contributed by atoms with E-state index in [2.05, 4.69) is 5.32 Å². The number of alkyl carbamates (subject to hydrolysis) is 1. The molecule has 14 heteroatoms. The molecule has 0 aliphatic carbocycles. The molecule has 0 fully saturated rings. The normalized spacial score (nSPS) is 18.3. The number of alkyl halides is 1. The van der Waals surface area contributed by atoms with E-state index in [1.54, 1.807) is 56.5 Å². The molecule has 4 heterocycles. The zero-order valence-corrected chi connectivity index (χ0v) is 29.9. The number of cyclic esters (lactones) is 1. The van der Waals surface area contributed by atoms with Crippen LogP contribution < -0.4 is 15.6 Å². The van der Waals surface area contributed by atoms with Crippen LogP contribution in [0.25, 0.3) is 22.3 Å². The average molecular weight is 698 g/mol. The lowest BCUT2D eigenvalue weighted by Gasteiger charge is -2.42. The van der Waals surface area contributed by atoms with Crippen LogP contribution in [0.5, 0.6) is 5.75 Å². The van der Waals surface area contributed by atoms with Crippen molar-refractivity contribution in [3.63, 3.8) is 0 Å². The Labute approximate surface area is 284 Å². The minimum atomic E-state index is -2.58. The Hall–Kier alpha value is -4.23. The van der Waals surface area contributed by atoms with E-state index in [9.17, 15) is 24.0 Å². The molecule has 12 nitrogen and oxygen atoms in total. The second-order valence-corrected chi connectivity index (χ2v) is 19.4. The molecular formula is C34H40ClN3O9Si. The topological polar surface area (TPSA) is 152 Å². The first-order chi connectivity index (χ1) is 22.5. The number of benzene rings is 1. The lowest BCUT2D eigenvalue weighted by Crippen LogP contribution is -2.54. The van der Waals surface area contributed by atoms with Crippen LogP contribution >= 0.6 is 11.6 Å². The van der Waals surface area contributed by atoms with Gasteiger partial charge in [0.15, 0.2) is 0 Å². The van der Waals surface area contributed by atoms with E-state index in [-0.39, 0.29) is 54.5 Å². The van der Waals surface area contributed by atoms with Gasteiger partial charge in [0.2, 0.25) is 5.60 Å². The summed E-state index contributed by atoms with van der Waals surface area (Å²) in [4.78, 5) is 70.0. The largest absolute Gasteiger partial charge is 0.458 e. The molecule has 2 aliphatic heterocycles. The molecule has 2 aliphatic rings. The van der Waals surface area contributed by atoms with Crippen LogP contribution in [0.1, 0.15) is 76.3 Å². The first-order valence-electron chi connectivity index (χ1n) is 15.9. The summed E-state index contributed by atoms with van der Waals surface area (Å²) in [5.74, 6) is -1.52. The molecular weight excluding hydrogens is 658 g/mol. The highest BCUT2D eigenvalue weighted by molar-refractivity contribution is 6.84. The van der Waals surface area contributed by atoms with E-state index in [0.717, 1.165) is 10.9 Å². The van der Waals surface area contributed by atoms with Crippen molar-refractivity contribution in [3.8, 4) is 17.1 Å². The summed E-state index contributed by atoms with van der Waals surface area (Å²) in [6, 6.07) is 8.70. The van der Waals surface area contributed by atoms with Gasteiger partial charge in [-0.25, -0.2) is 14.6 Å². The van der Waals surface area contributed by atoms with Gasteiger partial charge in [0.25, 0.3) is 5.56 Å². The van der Waals surface area contributed by atoms with Crippen LogP contribution in [0.2, 0.25) is 13.1 Å².